The van der Waals surface area contributed by atoms with E-state index in [0.717, 1.165) is 12.1 Å². The van der Waals surface area contributed by atoms with Crippen LogP contribution in [0.5, 0.6) is 0 Å². The summed E-state index contributed by atoms with van der Waals surface area (Å²) in [5.41, 5.74) is 1.62. The summed E-state index contributed by atoms with van der Waals surface area (Å²) in [6.45, 7) is 3.23. The average molecular weight is 312 g/mol. The topological polar surface area (TPSA) is 66.9 Å². The van der Waals surface area contributed by atoms with Crippen LogP contribution in [0.1, 0.15) is 15.9 Å². The van der Waals surface area contributed by atoms with Crippen molar-refractivity contribution < 1.29 is 17.9 Å². The summed E-state index contributed by atoms with van der Waals surface area (Å²) in [5, 5.41) is 0. The van der Waals surface area contributed by atoms with Crippen LogP contribution in [0.25, 0.3) is 0 Å². The molecular weight excluding hydrogens is 292 g/mol. The van der Waals surface area contributed by atoms with E-state index in [1.54, 1.807) is 12.1 Å². The van der Waals surface area contributed by atoms with Crippen molar-refractivity contribution >= 4 is 16.0 Å². The zero-order valence-corrected chi connectivity index (χ0v) is 13.1. The second kappa shape index (κ2) is 6.55. The first-order chi connectivity index (χ1) is 9.90. The van der Waals surface area contributed by atoms with Gasteiger partial charge in [-0.1, -0.05) is 12.1 Å². The molecule has 0 aromatic heterocycles. The summed E-state index contributed by atoms with van der Waals surface area (Å²) < 4.78 is 29.1. The number of nitrogens with zero attached hydrogens (tertiary/aromatic N) is 2. The van der Waals surface area contributed by atoms with Gasteiger partial charge in [0, 0.05) is 32.7 Å². The maximum atomic E-state index is 11.4. The first-order valence-corrected chi connectivity index (χ1v) is 8.60. The second-order valence-electron chi connectivity index (χ2n) is 5.13. The monoisotopic (exact) mass is 312 g/mol. The molecule has 0 atom stereocenters. The third-order valence-corrected chi connectivity index (χ3v) is 4.88. The quantitative estimate of drug-likeness (QED) is 0.760. The number of methoxy groups -OCH3 is 1. The number of esters is 1. The Kier molecular flexibility index (Phi) is 4.97. The van der Waals surface area contributed by atoms with E-state index in [0.29, 0.717) is 31.7 Å². The van der Waals surface area contributed by atoms with Crippen molar-refractivity contribution in [1.29, 1.82) is 0 Å². The molecule has 0 bridgehead atoms. The fourth-order valence-electron chi connectivity index (χ4n) is 2.34. The number of sulfonamides is 1. The Labute approximate surface area is 125 Å². The normalized spacial score (nSPS) is 17.6. The largest absolute Gasteiger partial charge is 0.465 e. The molecule has 1 fully saturated rings. The first-order valence-electron chi connectivity index (χ1n) is 6.75. The van der Waals surface area contributed by atoms with Crippen molar-refractivity contribution in [3.8, 4) is 0 Å². The third-order valence-electron chi connectivity index (χ3n) is 3.58. The molecular formula is C14H20N2O4S. The van der Waals surface area contributed by atoms with Gasteiger partial charge in [-0.25, -0.2) is 13.2 Å². The predicted octanol–water partition coefficient (Wildman–Crippen LogP) is 0.550. The maximum Gasteiger partial charge on any atom is 0.337 e. The van der Waals surface area contributed by atoms with Crippen LogP contribution >= 0.6 is 0 Å². The van der Waals surface area contributed by atoms with Gasteiger partial charge in [0.2, 0.25) is 10.0 Å². The zero-order valence-electron chi connectivity index (χ0n) is 12.3. The van der Waals surface area contributed by atoms with Gasteiger partial charge in [0.1, 0.15) is 0 Å². The van der Waals surface area contributed by atoms with Gasteiger partial charge in [-0.15, -0.1) is 0 Å². The first kappa shape index (κ1) is 15.9. The highest BCUT2D eigenvalue weighted by molar-refractivity contribution is 7.88. The minimum atomic E-state index is -3.08. The van der Waals surface area contributed by atoms with Crippen LogP contribution in [-0.2, 0) is 21.3 Å². The van der Waals surface area contributed by atoms with E-state index in [4.69, 9.17) is 0 Å². The van der Waals surface area contributed by atoms with Crippen LogP contribution in [0.3, 0.4) is 0 Å². The molecule has 1 aromatic carbocycles. The highest BCUT2D eigenvalue weighted by Gasteiger charge is 2.23. The predicted molar refractivity (Wildman–Crippen MR) is 79.5 cm³/mol. The van der Waals surface area contributed by atoms with E-state index >= 15 is 0 Å². The van der Waals surface area contributed by atoms with E-state index in [9.17, 15) is 13.2 Å². The van der Waals surface area contributed by atoms with Crippen molar-refractivity contribution in [3.63, 3.8) is 0 Å². The van der Waals surface area contributed by atoms with Gasteiger partial charge < -0.3 is 4.74 Å². The van der Waals surface area contributed by atoms with E-state index in [-0.39, 0.29) is 5.97 Å². The lowest BCUT2D eigenvalue weighted by atomic mass is 10.1. The lowest BCUT2D eigenvalue weighted by Gasteiger charge is -2.33. The highest BCUT2D eigenvalue weighted by atomic mass is 32.2. The number of piperazine rings is 1. The molecule has 1 aromatic rings. The molecule has 21 heavy (non-hydrogen) atoms. The fourth-order valence-corrected chi connectivity index (χ4v) is 3.17. The number of carbonyl (C=O) groups excluding carboxylic acids is 1. The minimum Gasteiger partial charge on any atom is -0.465 e. The minimum absolute atomic E-state index is 0.344. The Morgan fingerprint density at radius 1 is 1.14 bits per heavy atom. The van der Waals surface area contributed by atoms with Crippen LogP contribution in [0.4, 0.5) is 0 Å². The van der Waals surface area contributed by atoms with Gasteiger partial charge in [-0.3, -0.25) is 4.90 Å². The van der Waals surface area contributed by atoms with E-state index in [1.165, 1.54) is 17.7 Å². The van der Waals surface area contributed by atoms with Gasteiger partial charge in [0.25, 0.3) is 0 Å². The number of rotatable bonds is 4. The van der Waals surface area contributed by atoms with Crippen molar-refractivity contribution in [3.05, 3.63) is 35.4 Å². The molecule has 1 aliphatic rings. The van der Waals surface area contributed by atoms with E-state index in [1.807, 2.05) is 12.1 Å². The van der Waals surface area contributed by atoms with E-state index < -0.39 is 10.0 Å². The molecule has 0 aliphatic carbocycles. The van der Waals surface area contributed by atoms with Crippen LogP contribution in [0.2, 0.25) is 0 Å². The van der Waals surface area contributed by atoms with E-state index in [2.05, 4.69) is 9.64 Å². The van der Waals surface area contributed by atoms with Crippen molar-refractivity contribution in [2.24, 2.45) is 0 Å². The molecule has 0 amide bonds. The Hall–Kier alpha value is -1.44. The molecule has 1 aliphatic heterocycles. The second-order valence-corrected chi connectivity index (χ2v) is 7.11. The molecule has 1 heterocycles. The lowest BCUT2D eigenvalue weighted by molar-refractivity contribution is 0.0600. The average Bonchev–Trinajstić information content (AvgIpc) is 2.47. The van der Waals surface area contributed by atoms with Gasteiger partial charge in [0.05, 0.1) is 18.9 Å². The van der Waals surface area contributed by atoms with Gasteiger partial charge >= 0.3 is 5.97 Å². The Bertz CT molecular complexity index is 590. The molecule has 0 N–H and O–H groups in total. The summed E-state index contributed by atoms with van der Waals surface area (Å²) in [4.78, 5) is 13.6. The van der Waals surface area contributed by atoms with Crippen LogP contribution < -0.4 is 0 Å². The molecule has 0 saturated carbocycles. The molecule has 0 unspecified atom stereocenters. The van der Waals surface area contributed by atoms with Crippen molar-refractivity contribution in [2.45, 2.75) is 6.54 Å². The molecule has 6 nitrogen and oxygen atoms in total. The molecule has 116 valence electrons. The van der Waals surface area contributed by atoms with Crippen LogP contribution in [-0.4, -0.2) is 63.1 Å². The molecule has 1 saturated heterocycles. The molecule has 2 rings (SSSR count). The summed E-state index contributed by atoms with van der Waals surface area (Å²) in [5.74, 6) is -0.344. The zero-order chi connectivity index (χ0) is 15.5. The number of ether oxygens (including phenoxy) is 1. The van der Waals surface area contributed by atoms with Gasteiger partial charge in [-0.05, 0) is 17.7 Å². The summed E-state index contributed by atoms with van der Waals surface area (Å²) >= 11 is 0. The van der Waals surface area contributed by atoms with Crippen LogP contribution in [0, 0.1) is 0 Å². The Balaban J connectivity index is 1.90. The standard InChI is InChI=1S/C14H20N2O4S/c1-20-14(17)13-5-3-12(4-6-13)11-15-7-9-16(10-8-15)21(2,18)19/h3-6H,7-11H2,1-2H3. The highest BCUT2D eigenvalue weighted by Crippen LogP contribution is 2.12. The van der Waals surface area contributed by atoms with Crippen molar-refractivity contribution in [2.75, 3.05) is 39.5 Å². The van der Waals surface area contributed by atoms with Crippen LogP contribution in [0.15, 0.2) is 24.3 Å². The van der Waals surface area contributed by atoms with Crippen molar-refractivity contribution in [1.82, 2.24) is 9.21 Å². The Morgan fingerprint density at radius 2 is 1.71 bits per heavy atom. The number of hydrogen-bond acceptors (Lipinski definition) is 5. The Morgan fingerprint density at radius 3 is 2.19 bits per heavy atom. The molecule has 0 spiro atoms. The van der Waals surface area contributed by atoms with Gasteiger partial charge in [0.15, 0.2) is 0 Å². The fraction of sp³-hybridized carbons (Fsp3) is 0.500. The number of benzene rings is 1. The number of hydrogen-bond donors (Lipinski definition) is 0. The summed E-state index contributed by atoms with van der Waals surface area (Å²) in [7, 11) is -1.73. The SMILES string of the molecule is COC(=O)c1ccc(CN2CCN(S(C)(=O)=O)CC2)cc1. The van der Waals surface area contributed by atoms with Gasteiger partial charge in [-0.2, -0.15) is 4.31 Å². The molecule has 7 heteroatoms. The number of carbonyl (C=O) groups is 1. The lowest BCUT2D eigenvalue weighted by Crippen LogP contribution is -2.47. The molecule has 0 radical (unpaired) electrons. The third kappa shape index (κ3) is 4.26. The maximum absolute atomic E-state index is 11.4. The summed E-state index contributed by atoms with van der Waals surface area (Å²) in [6.07, 6.45) is 1.24. The summed E-state index contributed by atoms with van der Waals surface area (Å²) in [6, 6.07) is 7.28. The smallest absolute Gasteiger partial charge is 0.337 e.